The van der Waals surface area contributed by atoms with Crippen molar-refractivity contribution in [3.8, 4) is 0 Å². The summed E-state index contributed by atoms with van der Waals surface area (Å²) < 4.78 is 5.04. The fourth-order valence-corrected chi connectivity index (χ4v) is 1.29. The Morgan fingerprint density at radius 3 is 2.58 bits per heavy atom. The van der Waals surface area contributed by atoms with Crippen LogP contribution in [0, 0.1) is 5.92 Å². The molecule has 2 nitrogen and oxygen atoms in total. The summed E-state index contributed by atoms with van der Waals surface area (Å²) in [6.45, 7) is 8.60. The Bertz CT molecular complexity index is 101. The molecule has 0 aliphatic rings. The van der Waals surface area contributed by atoms with Crippen molar-refractivity contribution in [3.63, 3.8) is 0 Å². The largest absolute Gasteiger partial charge is 0.383 e. The summed E-state index contributed by atoms with van der Waals surface area (Å²) in [6, 6.07) is 0. The predicted octanol–water partition coefficient (Wildman–Crippen LogP) is 1.99. The van der Waals surface area contributed by atoms with E-state index in [1.54, 1.807) is 7.11 Å². The summed E-state index contributed by atoms with van der Waals surface area (Å²) in [4.78, 5) is 2.41. The molecule has 0 rings (SSSR count). The summed E-state index contributed by atoms with van der Waals surface area (Å²) in [5.74, 6) is 0.724. The van der Waals surface area contributed by atoms with E-state index in [2.05, 4.69) is 34.7 Å². The molecular weight excluding hydrogens is 218 g/mol. The van der Waals surface area contributed by atoms with Gasteiger partial charge in [0.05, 0.1) is 6.61 Å². The van der Waals surface area contributed by atoms with Crippen molar-refractivity contribution in [2.75, 3.05) is 38.7 Å². The molecule has 1 atom stereocenters. The predicted molar refractivity (Wildman–Crippen MR) is 56.9 cm³/mol. The van der Waals surface area contributed by atoms with Crippen molar-refractivity contribution in [3.05, 3.63) is 0 Å². The van der Waals surface area contributed by atoms with Crippen LogP contribution in [0.5, 0.6) is 0 Å². The van der Waals surface area contributed by atoms with Crippen molar-refractivity contribution in [1.82, 2.24) is 4.90 Å². The van der Waals surface area contributed by atoms with Crippen molar-refractivity contribution in [1.29, 1.82) is 0 Å². The average molecular weight is 238 g/mol. The van der Waals surface area contributed by atoms with Gasteiger partial charge in [0.25, 0.3) is 0 Å². The van der Waals surface area contributed by atoms with Crippen LogP contribution in [0.15, 0.2) is 0 Å². The minimum atomic E-state index is 0.724. The van der Waals surface area contributed by atoms with Crippen LogP contribution in [0.1, 0.15) is 13.8 Å². The second kappa shape index (κ2) is 8.02. The average Bonchev–Trinajstić information content (AvgIpc) is 2.11. The Balaban J connectivity index is 3.51. The summed E-state index contributed by atoms with van der Waals surface area (Å²) >= 11 is 3.48. The lowest BCUT2D eigenvalue weighted by atomic mass is 10.2. The molecule has 0 amide bonds. The molecule has 3 heteroatoms. The van der Waals surface area contributed by atoms with E-state index in [0.717, 1.165) is 37.5 Å². The molecule has 0 bridgehead atoms. The second-order valence-corrected chi connectivity index (χ2v) is 3.79. The number of hydrogen-bond donors (Lipinski definition) is 0. The van der Waals surface area contributed by atoms with Crippen LogP contribution in [0.4, 0.5) is 0 Å². The van der Waals surface area contributed by atoms with Crippen molar-refractivity contribution in [2.24, 2.45) is 5.92 Å². The third-order valence-corrected chi connectivity index (χ3v) is 3.00. The molecule has 0 N–H and O–H groups in total. The van der Waals surface area contributed by atoms with E-state index in [1.165, 1.54) is 0 Å². The lowest BCUT2D eigenvalue weighted by Crippen LogP contribution is -2.31. The molecule has 0 fully saturated rings. The molecule has 74 valence electrons. The number of nitrogens with zero attached hydrogens (tertiary/aromatic N) is 1. The molecule has 0 aromatic carbocycles. The third-order valence-electron chi connectivity index (χ3n) is 1.89. The van der Waals surface area contributed by atoms with Gasteiger partial charge in [0, 0.05) is 25.5 Å². The Morgan fingerprint density at radius 2 is 2.17 bits per heavy atom. The first-order valence-corrected chi connectivity index (χ1v) is 5.64. The Hall–Kier alpha value is 0.400. The third kappa shape index (κ3) is 5.98. The Kier molecular flexibility index (Phi) is 8.29. The number of ether oxygens (including phenoxy) is 1. The van der Waals surface area contributed by atoms with Crippen LogP contribution in [0.25, 0.3) is 0 Å². The van der Waals surface area contributed by atoms with Crippen LogP contribution >= 0.6 is 15.9 Å². The lowest BCUT2D eigenvalue weighted by molar-refractivity contribution is 0.144. The van der Waals surface area contributed by atoms with Gasteiger partial charge in [-0.2, -0.15) is 0 Å². The van der Waals surface area contributed by atoms with Gasteiger partial charge in [0.2, 0.25) is 0 Å². The zero-order valence-corrected chi connectivity index (χ0v) is 9.93. The molecule has 12 heavy (non-hydrogen) atoms. The molecule has 0 aliphatic carbocycles. The smallest absolute Gasteiger partial charge is 0.0589 e. The number of likely N-dealkylation sites (N-methyl/N-ethyl adjacent to an activating group) is 1. The molecule has 0 aromatic heterocycles. The molecule has 1 unspecified atom stereocenters. The number of alkyl halides is 1. The van der Waals surface area contributed by atoms with Gasteiger partial charge in [-0.05, 0) is 12.5 Å². The highest BCUT2D eigenvalue weighted by molar-refractivity contribution is 9.09. The molecular formula is C9H20BrNO. The first kappa shape index (κ1) is 12.4. The van der Waals surface area contributed by atoms with Gasteiger partial charge in [-0.15, -0.1) is 0 Å². The van der Waals surface area contributed by atoms with Crippen molar-refractivity contribution in [2.45, 2.75) is 13.8 Å². The molecule has 0 saturated carbocycles. The Morgan fingerprint density at radius 1 is 1.50 bits per heavy atom. The summed E-state index contributed by atoms with van der Waals surface area (Å²) in [7, 11) is 1.75. The fourth-order valence-electron chi connectivity index (χ4n) is 1.09. The number of rotatable bonds is 7. The van der Waals surface area contributed by atoms with Gasteiger partial charge in [0.15, 0.2) is 0 Å². The highest BCUT2D eigenvalue weighted by Crippen LogP contribution is 2.02. The van der Waals surface area contributed by atoms with Gasteiger partial charge in [0.1, 0.15) is 0 Å². The maximum atomic E-state index is 5.04. The van der Waals surface area contributed by atoms with E-state index in [0.29, 0.717) is 0 Å². The highest BCUT2D eigenvalue weighted by Gasteiger charge is 2.06. The first-order valence-electron chi connectivity index (χ1n) is 4.51. The monoisotopic (exact) mass is 237 g/mol. The van der Waals surface area contributed by atoms with E-state index >= 15 is 0 Å². The van der Waals surface area contributed by atoms with Gasteiger partial charge in [-0.25, -0.2) is 0 Å². The van der Waals surface area contributed by atoms with E-state index in [9.17, 15) is 0 Å². The van der Waals surface area contributed by atoms with Crippen LogP contribution in [0.2, 0.25) is 0 Å². The van der Waals surface area contributed by atoms with Gasteiger partial charge in [-0.3, -0.25) is 0 Å². The molecule has 0 heterocycles. The normalized spacial score (nSPS) is 13.8. The zero-order chi connectivity index (χ0) is 9.40. The van der Waals surface area contributed by atoms with Crippen LogP contribution in [-0.4, -0.2) is 43.6 Å². The lowest BCUT2D eigenvalue weighted by Gasteiger charge is -2.22. The SMILES string of the molecule is CCN(CCOC)CC(C)CBr. The maximum Gasteiger partial charge on any atom is 0.0589 e. The summed E-state index contributed by atoms with van der Waals surface area (Å²) in [6.07, 6.45) is 0. The van der Waals surface area contributed by atoms with E-state index in [4.69, 9.17) is 4.74 Å². The number of methoxy groups -OCH3 is 1. The van der Waals surface area contributed by atoms with E-state index < -0.39 is 0 Å². The first-order chi connectivity index (χ1) is 5.74. The van der Waals surface area contributed by atoms with Crippen LogP contribution in [-0.2, 0) is 4.74 Å². The van der Waals surface area contributed by atoms with Crippen molar-refractivity contribution >= 4 is 15.9 Å². The molecule has 0 saturated heterocycles. The standard InChI is InChI=1S/C9H20BrNO/c1-4-11(5-6-12-3)8-9(2)7-10/h9H,4-8H2,1-3H3. The molecule has 0 aliphatic heterocycles. The van der Waals surface area contributed by atoms with E-state index in [1.807, 2.05) is 0 Å². The van der Waals surface area contributed by atoms with Crippen LogP contribution in [0.3, 0.4) is 0 Å². The summed E-state index contributed by atoms with van der Waals surface area (Å²) in [5, 5.41) is 1.08. The quantitative estimate of drug-likeness (QED) is 0.629. The van der Waals surface area contributed by atoms with E-state index in [-0.39, 0.29) is 0 Å². The second-order valence-electron chi connectivity index (χ2n) is 3.15. The highest BCUT2D eigenvalue weighted by atomic mass is 79.9. The maximum absolute atomic E-state index is 5.04. The number of halogens is 1. The van der Waals surface area contributed by atoms with Crippen molar-refractivity contribution < 1.29 is 4.74 Å². The van der Waals surface area contributed by atoms with Crippen LogP contribution < -0.4 is 0 Å². The van der Waals surface area contributed by atoms with Gasteiger partial charge >= 0.3 is 0 Å². The minimum Gasteiger partial charge on any atom is -0.383 e. The Labute approximate surface area is 84.4 Å². The molecule has 0 radical (unpaired) electrons. The minimum absolute atomic E-state index is 0.724. The van der Waals surface area contributed by atoms with Gasteiger partial charge < -0.3 is 9.64 Å². The molecule has 0 aromatic rings. The topological polar surface area (TPSA) is 12.5 Å². The number of hydrogen-bond acceptors (Lipinski definition) is 2. The zero-order valence-electron chi connectivity index (χ0n) is 8.35. The summed E-state index contributed by atoms with van der Waals surface area (Å²) in [5.41, 5.74) is 0. The molecule has 0 spiro atoms. The fraction of sp³-hybridized carbons (Fsp3) is 1.00. The van der Waals surface area contributed by atoms with Gasteiger partial charge in [-0.1, -0.05) is 29.8 Å².